The van der Waals surface area contributed by atoms with Crippen LogP contribution in [-0.4, -0.2) is 12.0 Å². The minimum Gasteiger partial charge on any atom is -0.453 e. The Morgan fingerprint density at radius 1 is 0.897 bits per heavy atom. The zero-order valence-electron chi connectivity index (χ0n) is 15.7. The van der Waals surface area contributed by atoms with Gasteiger partial charge in [-0.15, -0.1) is 0 Å². The maximum Gasteiger partial charge on any atom is 0.192 e. The van der Waals surface area contributed by atoms with Gasteiger partial charge >= 0.3 is 0 Å². The molecule has 4 nitrogen and oxygen atoms in total. The van der Waals surface area contributed by atoms with Crippen molar-refractivity contribution in [3.63, 3.8) is 0 Å². The summed E-state index contributed by atoms with van der Waals surface area (Å²) in [7, 11) is 2.02. The van der Waals surface area contributed by atoms with Crippen LogP contribution >= 0.6 is 23.2 Å². The maximum absolute atomic E-state index is 6.47. The normalized spacial score (nSPS) is 12.3. The van der Waals surface area contributed by atoms with Gasteiger partial charge in [0.15, 0.2) is 23.1 Å². The van der Waals surface area contributed by atoms with Crippen LogP contribution < -0.4 is 9.64 Å². The summed E-state index contributed by atoms with van der Waals surface area (Å²) in [4.78, 5) is 6.72. The number of hydrogen-bond acceptors (Lipinski definition) is 4. The number of rotatable bonds is 2. The molecule has 3 aromatic carbocycles. The molecule has 6 heteroatoms. The van der Waals surface area contributed by atoms with Gasteiger partial charge in [0.1, 0.15) is 5.69 Å². The van der Waals surface area contributed by atoms with Gasteiger partial charge in [-0.05, 0) is 42.5 Å². The summed E-state index contributed by atoms with van der Waals surface area (Å²) in [5, 5.41) is 1.09. The van der Waals surface area contributed by atoms with Crippen LogP contribution in [0.4, 0.5) is 11.4 Å². The summed E-state index contributed by atoms with van der Waals surface area (Å²) >= 11 is 12.5. The molecule has 0 unspecified atom stereocenters. The van der Waals surface area contributed by atoms with E-state index in [0.717, 1.165) is 34.0 Å². The Morgan fingerprint density at radius 2 is 1.69 bits per heavy atom. The second-order valence-corrected chi connectivity index (χ2v) is 7.66. The lowest BCUT2D eigenvalue weighted by atomic mass is 10.0. The summed E-state index contributed by atoms with van der Waals surface area (Å²) in [5.74, 6) is 2.76. The number of aromatic nitrogens is 1. The van der Waals surface area contributed by atoms with Gasteiger partial charge in [0.25, 0.3) is 0 Å². The third-order valence-corrected chi connectivity index (χ3v) is 5.49. The predicted molar refractivity (Wildman–Crippen MR) is 117 cm³/mol. The summed E-state index contributed by atoms with van der Waals surface area (Å²) in [6.07, 6.45) is 0. The lowest BCUT2D eigenvalue weighted by molar-refractivity contribution is 0.475. The van der Waals surface area contributed by atoms with Crippen molar-refractivity contribution in [3.05, 3.63) is 76.6 Å². The van der Waals surface area contributed by atoms with E-state index in [0.29, 0.717) is 27.4 Å². The fourth-order valence-electron chi connectivity index (χ4n) is 3.67. The Balaban J connectivity index is 1.72. The van der Waals surface area contributed by atoms with Gasteiger partial charge in [-0.25, -0.2) is 4.98 Å². The van der Waals surface area contributed by atoms with Crippen molar-refractivity contribution in [2.24, 2.45) is 0 Å². The highest BCUT2D eigenvalue weighted by Crippen LogP contribution is 2.51. The minimum atomic E-state index is 0.520. The van der Waals surface area contributed by atoms with E-state index >= 15 is 0 Å². The number of fused-ring (bicyclic) bond motifs is 2. The molecule has 29 heavy (non-hydrogen) atoms. The molecule has 0 saturated heterocycles. The first-order chi connectivity index (χ1) is 14.0. The first kappa shape index (κ1) is 18.1. The average Bonchev–Trinajstić information content (AvgIpc) is 3.09. The zero-order chi connectivity index (χ0) is 20.1. The van der Waals surface area contributed by atoms with Gasteiger partial charge in [0.2, 0.25) is 0 Å². The number of ether oxygens (including phenoxy) is 1. The van der Waals surface area contributed by atoms with Crippen LogP contribution in [0, 0.1) is 6.92 Å². The number of aryl methyl sites for hydroxylation is 1. The lowest BCUT2D eigenvalue weighted by Crippen LogP contribution is -2.16. The largest absolute Gasteiger partial charge is 0.453 e. The van der Waals surface area contributed by atoms with E-state index in [1.165, 1.54) is 0 Å². The molecule has 2 heterocycles. The van der Waals surface area contributed by atoms with Crippen molar-refractivity contribution in [3.8, 4) is 34.1 Å². The van der Waals surface area contributed by atoms with Crippen LogP contribution in [-0.2, 0) is 0 Å². The summed E-state index contributed by atoms with van der Waals surface area (Å²) in [6.45, 7) is 1.82. The quantitative estimate of drug-likeness (QED) is 0.335. The Kier molecular flexibility index (Phi) is 4.26. The topological polar surface area (TPSA) is 38.5 Å². The van der Waals surface area contributed by atoms with Gasteiger partial charge < -0.3 is 14.1 Å². The van der Waals surface area contributed by atoms with Crippen LogP contribution in [0.5, 0.6) is 11.5 Å². The highest BCUT2D eigenvalue weighted by Gasteiger charge is 2.28. The van der Waals surface area contributed by atoms with Gasteiger partial charge in [-0.3, -0.25) is 0 Å². The molecule has 1 aliphatic rings. The third-order valence-electron chi connectivity index (χ3n) is 4.95. The van der Waals surface area contributed by atoms with Crippen molar-refractivity contribution in [1.82, 2.24) is 4.98 Å². The molecule has 1 aliphatic heterocycles. The van der Waals surface area contributed by atoms with E-state index < -0.39 is 0 Å². The first-order valence-corrected chi connectivity index (χ1v) is 9.85. The standard InChI is InChI=1S/C23H16Cl2N2O2/c1-13-26-21(15-11-10-14(24)12-17(15)25)23(28-13)16-6-5-9-20-22(16)27(2)18-7-3-4-8-19(18)29-20/h3-12H,1-2H3. The lowest BCUT2D eigenvalue weighted by Gasteiger charge is -2.31. The zero-order valence-corrected chi connectivity index (χ0v) is 17.3. The second kappa shape index (κ2) is 6.83. The third kappa shape index (κ3) is 2.96. The van der Waals surface area contributed by atoms with Crippen LogP contribution in [0.2, 0.25) is 10.0 Å². The smallest absolute Gasteiger partial charge is 0.192 e. The summed E-state index contributed by atoms with van der Waals surface area (Å²) in [5.41, 5.74) is 4.20. The molecule has 0 spiro atoms. The molecule has 144 valence electrons. The van der Waals surface area contributed by atoms with Crippen molar-refractivity contribution >= 4 is 34.6 Å². The number of hydrogen-bond donors (Lipinski definition) is 0. The minimum absolute atomic E-state index is 0.520. The molecule has 0 saturated carbocycles. The number of benzene rings is 3. The van der Waals surface area contributed by atoms with Crippen molar-refractivity contribution < 1.29 is 9.15 Å². The molecule has 0 atom stereocenters. The van der Waals surface area contributed by atoms with E-state index in [1.807, 2.05) is 62.5 Å². The molecule has 0 radical (unpaired) electrons. The average molecular weight is 423 g/mol. The number of oxazole rings is 1. The highest BCUT2D eigenvalue weighted by molar-refractivity contribution is 6.36. The van der Waals surface area contributed by atoms with Crippen molar-refractivity contribution in [1.29, 1.82) is 0 Å². The van der Waals surface area contributed by atoms with Crippen molar-refractivity contribution in [2.75, 3.05) is 11.9 Å². The molecule has 0 aliphatic carbocycles. The van der Waals surface area contributed by atoms with Gasteiger partial charge in [-0.1, -0.05) is 41.4 Å². The monoisotopic (exact) mass is 422 g/mol. The molecule has 0 amide bonds. The molecule has 0 N–H and O–H groups in total. The molecule has 1 aromatic heterocycles. The predicted octanol–water partition coefficient (Wildman–Crippen LogP) is 7.50. The van der Waals surface area contributed by atoms with E-state index in [9.17, 15) is 0 Å². The molecule has 4 aromatic rings. The Hall–Kier alpha value is -2.95. The first-order valence-electron chi connectivity index (χ1n) is 9.10. The van der Waals surface area contributed by atoms with E-state index in [1.54, 1.807) is 12.1 Å². The summed E-state index contributed by atoms with van der Waals surface area (Å²) in [6, 6.07) is 19.2. The van der Waals surface area contributed by atoms with Gasteiger partial charge in [-0.2, -0.15) is 0 Å². The van der Waals surface area contributed by atoms with Gasteiger partial charge in [0, 0.05) is 30.1 Å². The van der Waals surface area contributed by atoms with Crippen LogP contribution in [0.25, 0.3) is 22.6 Å². The molecular formula is C23H16Cl2N2O2. The Labute approximate surface area is 178 Å². The van der Waals surface area contributed by atoms with E-state index in [-0.39, 0.29) is 0 Å². The van der Waals surface area contributed by atoms with Crippen molar-refractivity contribution in [2.45, 2.75) is 6.92 Å². The van der Waals surface area contributed by atoms with Crippen LogP contribution in [0.1, 0.15) is 5.89 Å². The highest BCUT2D eigenvalue weighted by atomic mass is 35.5. The number of halogens is 2. The Morgan fingerprint density at radius 3 is 2.52 bits per heavy atom. The summed E-state index contributed by atoms with van der Waals surface area (Å²) < 4.78 is 12.2. The fraction of sp³-hybridized carbons (Fsp3) is 0.0870. The molecular weight excluding hydrogens is 407 g/mol. The molecule has 0 fully saturated rings. The van der Waals surface area contributed by atoms with E-state index in [2.05, 4.69) is 9.88 Å². The second-order valence-electron chi connectivity index (χ2n) is 6.82. The van der Waals surface area contributed by atoms with Crippen LogP contribution in [0.15, 0.2) is 65.1 Å². The number of nitrogens with zero attached hydrogens (tertiary/aromatic N) is 2. The number of anilines is 2. The van der Waals surface area contributed by atoms with Gasteiger partial charge in [0.05, 0.1) is 16.4 Å². The SMILES string of the molecule is Cc1nc(-c2ccc(Cl)cc2Cl)c(-c2cccc3c2N(C)c2ccccc2O3)o1. The van der Waals surface area contributed by atoms with Crippen LogP contribution in [0.3, 0.4) is 0 Å². The molecule has 0 bridgehead atoms. The number of para-hydroxylation sites is 3. The fourth-order valence-corrected chi connectivity index (χ4v) is 4.17. The Bertz CT molecular complexity index is 1250. The maximum atomic E-state index is 6.47. The molecule has 5 rings (SSSR count). The van der Waals surface area contributed by atoms with E-state index in [4.69, 9.17) is 32.4 Å².